The second-order valence-electron chi connectivity index (χ2n) is 6.49. The number of benzene rings is 1. The molecule has 1 aliphatic heterocycles. The zero-order valence-corrected chi connectivity index (χ0v) is 11.9. The minimum Gasteiger partial charge on any atom is -0.490 e. The number of ether oxygens (including phenoxy) is 1. The highest BCUT2D eigenvalue weighted by atomic mass is 16.5. The topological polar surface area (TPSA) is 35.2 Å². The number of hydrogen-bond donors (Lipinski definition) is 1. The monoisotopic (exact) mass is 259 g/mol. The molecule has 2 heteroatoms. The average molecular weight is 259 g/mol. The van der Waals surface area contributed by atoms with E-state index in [4.69, 9.17) is 10.5 Å². The third kappa shape index (κ3) is 2.79. The Labute approximate surface area is 116 Å². The molecule has 3 unspecified atom stereocenters. The van der Waals surface area contributed by atoms with E-state index in [9.17, 15) is 0 Å². The van der Waals surface area contributed by atoms with Crippen LogP contribution in [0.5, 0.6) is 5.75 Å². The molecule has 0 radical (unpaired) electrons. The molecule has 3 atom stereocenters. The quantitative estimate of drug-likeness (QED) is 0.898. The van der Waals surface area contributed by atoms with E-state index >= 15 is 0 Å². The van der Waals surface area contributed by atoms with Crippen molar-refractivity contribution < 1.29 is 4.74 Å². The van der Waals surface area contributed by atoms with Gasteiger partial charge in [0.1, 0.15) is 11.9 Å². The Morgan fingerprint density at radius 2 is 2.21 bits per heavy atom. The van der Waals surface area contributed by atoms with Crippen molar-refractivity contribution in [1.82, 2.24) is 0 Å². The highest BCUT2D eigenvalue weighted by molar-refractivity contribution is 5.37. The summed E-state index contributed by atoms with van der Waals surface area (Å²) >= 11 is 0. The van der Waals surface area contributed by atoms with Crippen LogP contribution in [0, 0.1) is 5.92 Å². The normalized spacial score (nSPS) is 33.8. The summed E-state index contributed by atoms with van der Waals surface area (Å²) in [5.41, 5.74) is 8.01. The van der Waals surface area contributed by atoms with Gasteiger partial charge >= 0.3 is 0 Å². The van der Waals surface area contributed by atoms with E-state index in [-0.39, 0.29) is 11.6 Å². The molecular formula is C17H25NO. The SMILES string of the molecule is CCC1CCCC(N)(CC2Cc3ccccc3O2)C1. The first kappa shape index (κ1) is 13.0. The second-order valence-corrected chi connectivity index (χ2v) is 6.49. The molecule has 2 nitrogen and oxygen atoms in total. The maximum atomic E-state index is 6.66. The lowest BCUT2D eigenvalue weighted by Gasteiger charge is -2.39. The largest absolute Gasteiger partial charge is 0.490 e. The molecule has 0 bridgehead atoms. The van der Waals surface area contributed by atoms with Gasteiger partial charge in [-0.1, -0.05) is 44.4 Å². The van der Waals surface area contributed by atoms with Crippen LogP contribution in [-0.2, 0) is 6.42 Å². The zero-order valence-electron chi connectivity index (χ0n) is 11.9. The van der Waals surface area contributed by atoms with E-state index in [1.807, 2.05) is 6.07 Å². The molecule has 1 saturated carbocycles. The van der Waals surface area contributed by atoms with E-state index in [1.54, 1.807) is 0 Å². The van der Waals surface area contributed by atoms with Gasteiger partial charge in [-0.3, -0.25) is 0 Å². The van der Waals surface area contributed by atoms with Crippen molar-refractivity contribution >= 4 is 0 Å². The summed E-state index contributed by atoms with van der Waals surface area (Å²) in [6.07, 6.45) is 8.60. The molecule has 2 aliphatic rings. The minimum atomic E-state index is 0.00559. The molecule has 1 aliphatic carbocycles. The number of fused-ring (bicyclic) bond motifs is 1. The molecule has 19 heavy (non-hydrogen) atoms. The molecule has 3 rings (SSSR count). The van der Waals surface area contributed by atoms with E-state index in [0.29, 0.717) is 0 Å². The van der Waals surface area contributed by atoms with E-state index < -0.39 is 0 Å². The van der Waals surface area contributed by atoms with Gasteiger partial charge in [0, 0.05) is 18.4 Å². The van der Waals surface area contributed by atoms with Crippen LogP contribution in [0.4, 0.5) is 0 Å². The Hall–Kier alpha value is -1.02. The van der Waals surface area contributed by atoms with Crippen molar-refractivity contribution in [2.24, 2.45) is 11.7 Å². The van der Waals surface area contributed by atoms with Crippen LogP contribution in [0.2, 0.25) is 0 Å². The molecule has 0 saturated heterocycles. The van der Waals surface area contributed by atoms with Gasteiger partial charge in [-0.05, 0) is 30.4 Å². The third-order valence-corrected chi connectivity index (χ3v) is 4.91. The van der Waals surface area contributed by atoms with Crippen molar-refractivity contribution in [1.29, 1.82) is 0 Å². The summed E-state index contributed by atoms with van der Waals surface area (Å²) in [5, 5.41) is 0. The number of hydrogen-bond acceptors (Lipinski definition) is 2. The molecule has 0 amide bonds. The highest BCUT2D eigenvalue weighted by Gasteiger charge is 2.36. The summed E-state index contributed by atoms with van der Waals surface area (Å²) < 4.78 is 6.06. The van der Waals surface area contributed by atoms with Crippen LogP contribution in [0.25, 0.3) is 0 Å². The number of para-hydroxylation sites is 1. The fourth-order valence-corrected chi connectivity index (χ4v) is 3.88. The Balaban J connectivity index is 1.63. The second kappa shape index (κ2) is 5.16. The molecule has 0 spiro atoms. The van der Waals surface area contributed by atoms with Crippen molar-refractivity contribution in [3.63, 3.8) is 0 Å². The van der Waals surface area contributed by atoms with Crippen molar-refractivity contribution in [2.75, 3.05) is 0 Å². The standard InChI is InChI=1S/C17H25NO/c1-2-13-6-5-9-17(18,11-13)12-15-10-14-7-3-4-8-16(14)19-15/h3-4,7-8,13,15H,2,5-6,9-12,18H2,1H3. The molecule has 2 N–H and O–H groups in total. The molecule has 104 valence electrons. The summed E-state index contributed by atoms with van der Waals surface area (Å²) in [6, 6.07) is 8.39. The summed E-state index contributed by atoms with van der Waals surface area (Å²) in [5.74, 6) is 1.89. The van der Waals surface area contributed by atoms with Crippen LogP contribution < -0.4 is 10.5 Å². The lowest BCUT2D eigenvalue weighted by Crippen LogP contribution is -2.47. The maximum Gasteiger partial charge on any atom is 0.123 e. The van der Waals surface area contributed by atoms with Crippen molar-refractivity contribution in [3.05, 3.63) is 29.8 Å². The van der Waals surface area contributed by atoms with Gasteiger partial charge in [0.15, 0.2) is 0 Å². The van der Waals surface area contributed by atoms with Crippen molar-refractivity contribution in [3.8, 4) is 5.75 Å². The van der Waals surface area contributed by atoms with E-state index in [2.05, 4.69) is 25.1 Å². The minimum absolute atomic E-state index is 0.00559. The van der Waals surface area contributed by atoms with Gasteiger partial charge in [0.2, 0.25) is 0 Å². The third-order valence-electron chi connectivity index (χ3n) is 4.91. The first-order chi connectivity index (χ1) is 9.18. The van der Waals surface area contributed by atoms with Gasteiger partial charge in [-0.25, -0.2) is 0 Å². The molecule has 1 aromatic carbocycles. The summed E-state index contributed by atoms with van der Waals surface area (Å²) in [4.78, 5) is 0. The Kier molecular flexibility index (Phi) is 3.53. The van der Waals surface area contributed by atoms with Gasteiger partial charge < -0.3 is 10.5 Å². The van der Waals surface area contributed by atoms with Crippen LogP contribution in [0.1, 0.15) is 51.0 Å². The predicted molar refractivity (Wildman–Crippen MR) is 78.3 cm³/mol. The first-order valence-electron chi connectivity index (χ1n) is 7.72. The van der Waals surface area contributed by atoms with Gasteiger partial charge in [0.05, 0.1) is 0 Å². The molecule has 1 heterocycles. The Morgan fingerprint density at radius 1 is 1.37 bits per heavy atom. The lowest BCUT2D eigenvalue weighted by atomic mass is 9.72. The van der Waals surface area contributed by atoms with Crippen LogP contribution in [0.3, 0.4) is 0 Å². The summed E-state index contributed by atoms with van der Waals surface area (Å²) in [7, 11) is 0. The van der Waals surface area contributed by atoms with E-state index in [0.717, 1.165) is 24.5 Å². The van der Waals surface area contributed by atoms with Crippen molar-refractivity contribution in [2.45, 2.75) is 63.5 Å². The van der Waals surface area contributed by atoms with Crippen LogP contribution >= 0.6 is 0 Å². The Morgan fingerprint density at radius 3 is 3.00 bits per heavy atom. The Bertz CT molecular complexity index is 420. The van der Waals surface area contributed by atoms with Gasteiger partial charge in [0.25, 0.3) is 0 Å². The first-order valence-corrected chi connectivity index (χ1v) is 7.72. The highest BCUT2D eigenvalue weighted by Crippen LogP contribution is 2.38. The molecule has 1 fully saturated rings. The van der Waals surface area contributed by atoms with Gasteiger partial charge in [-0.15, -0.1) is 0 Å². The lowest BCUT2D eigenvalue weighted by molar-refractivity contribution is 0.132. The number of rotatable bonds is 3. The average Bonchev–Trinajstić information content (AvgIpc) is 2.79. The van der Waals surface area contributed by atoms with Crippen LogP contribution in [0.15, 0.2) is 24.3 Å². The zero-order chi connectivity index (χ0) is 13.3. The van der Waals surface area contributed by atoms with Crippen LogP contribution in [-0.4, -0.2) is 11.6 Å². The fraction of sp³-hybridized carbons (Fsp3) is 0.647. The molecular weight excluding hydrogens is 234 g/mol. The molecule has 0 aromatic heterocycles. The molecule has 1 aromatic rings. The predicted octanol–water partition coefficient (Wildman–Crippen LogP) is 3.68. The van der Waals surface area contributed by atoms with E-state index in [1.165, 1.54) is 37.7 Å². The van der Waals surface area contributed by atoms with Gasteiger partial charge in [-0.2, -0.15) is 0 Å². The summed E-state index contributed by atoms with van der Waals surface area (Å²) in [6.45, 7) is 2.29. The maximum absolute atomic E-state index is 6.66. The fourth-order valence-electron chi connectivity index (χ4n) is 3.88. The smallest absolute Gasteiger partial charge is 0.123 e. The number of nitrogens with two attached hydrogens (primary N) is 1.